The Kier molecular flexibility index (Phi) is 5.25. The highest BCUT2D eigenvalue weighted by Gasteiger charge is 2.33. The number of likely N-dealkylation sites (tertiary alicyclic amines) is 1. The molecular formula is C18H26N2O3S. The maximum Gasteiger partial charge on any atom is 0.239 e. The van der Waals surface area contributed by atoms with E-state index in [0.29, 0.717) is 12.5 Å². The van der Waals surface area contributed by atoms with Crippen LogP contribution in [0.15, 0.2) is 24.3 Å². The Morgan fingerprint density at radius 1 is 1.25 bits per heavy atom. The normalized spacial score (nSPS) is 24.0. The summed E-state index contributed by atoms with van der Waals surface area (Å²) in [6.07, 6.45) is 6.37. The molecule has 2 unspecified atom stereocenters. The first-order valence-corrected chi connectivity index (χ1v) is 10.4. The SMILES string of the molecule is CNS(=O)(=O)CC(=O)N1CCCC1CC1CCCc2ccccc21. The molecule has 1 aromatic carbocycles. The van der Waals surface area contributed by atoms with Crippen LogP contribution >= 0.6 is 0 Å². The van der Waals surface area contributed by atoms with Crippen molar-refractivity contribution in [2.24, 2.45) is 0 Å². The van der Waals surface area contributed by atoms with Gasteiger partial charge in [-0.05, 0) is 62.6 Å². The molecule has 2 atom stereocenters. The number of carbonyl (C=O) groups is 1. The lowest BCUT2D eigenvalue weighted by Gasteiger charge is -2.31. The van der Waals surface area contributed by atoms with Gasteiger partial charge < -0.3 is 4.90 Å². The number of nitrogens with one attached hydrogen (secondary N) is 1. The van der Waals surface area contributed by atoms with Gasteiger partial charge in [-0.25, -0.2) is 13.1 Å². The van der Waals surface area contributed by atoms with Gasteiger partial charge in [-0.2, -0.15) is 0 Å². The summed E-state index contributed by atoms with van der Waals surface area (Å²) < 4.78 is 25.6. The molecule has 1 aromatic rings. The number of carbonyl (C=O) groups excluding carboxylic acids is 1. The molecular weight excluding hydrogens is 324 g/mol. The third kappa shape index (κ3) is 3.81. The molecule has 24 heavy (non-hydrogen) atoms. The van der Waals surface area contributed by atoms with Crippen molar-refractivity contribution in [3.05, 3.63) is 35.4 Å². The molecule has 132 valence electrons. The molecule has 1 aliphatic carbocycles. The van der Waals surface area contributed by atoms with E-state index >= 15 is 0 Å². The average Bonchev–Trinajstić information content (AvgIpc) is 3.03. The Bertz CT molecular complexity index is 702. The maximum atomic E-state index is 12.4. The number of fused-ring (bicyclic) bond motifs is 1. The smallest absolute Gasteiger partial charge is 0.239 e. The molecule has 0 saturated carbocycles. The molecule has 1 saturated heterocycles. The van der Waals surface area contributed by atoms with Crippen LogP contribution in [0.1, 0.15) is 49.1 Å². The van der Waals surface area contributed by atoms with Crippen molar-refractivity contribution in [2.45, 2.75) is 50.5 Å². The van der Waals surface area contributed by atoms with E-state index in [4.69, 9.17) is 0 Å². The van der Waals surface area contributed by atoms with E-state index in [1.807, 2.05) is 0 Å². The molecule has 1 N–H and O–H groups in total. The average molecular weight is 350 g/mol. The first kappa shape index (κ1) is 17.4. The third-order valence-corrected chi connectivity index (χ3v) is 6.62. The van der Waals surface area contributed by atoms with E-state index in [2.05, 4.69) is 29.0 Å². The van der Waals surface area contributed by atoms with Gasteiger partial charge in [0.1, 0.15) is 5.75 Å². The molecule has 0 radical (unpaired) electrons. The van der Waals surface area contributed by atoms with E-state index in [1.54, 1.807) is 4.90 Å². The highest BCUT2D eigenvalue weighted by Crippen LogP contribution is 2.37. The van der Waals surface area contributed by atoms with Crippen LogP contribution < -0.4 is 4.72 Å². The second-order valence-corrected chi connectivity index (χ2v) is 8.80. The zero-order valence-electron chi connectivity index (χ0n) is 14.2. The van der Waals surface area contributed by atoms with E-state index in [0.717, 1.165) is 32.1 Å². The number of rotatable bonds is 5. The molecule has 1 aliphatic heterocycles. The van der Waals surface area contributed by atoms with Crippen LogP contribution in [0.5, 0.6) is 0 Å². The number of benzene rings is 1. The molecule has 0 spiro atoms. The summed E-state index contributed by atoms with van der Waals surface area (Å²) >= 11 is 0. The minimum Gasteiger partial charge on any atom is -0.339 e. The van der Waals surface area contributed by atoms with Crippen LogP contribution in [0.3, 0.4) is 0 Å². The van der Waals surface area contributed by atoms with Crippen molar-refractivity contribution < 1.29 is 13.2 Å². The van der Waals surface area contributed by atoms with Gasteiger partial charge >= 0.3 is 0 Å². The Balaban J connectivity index is 1.70. The molecule has 1 amide bonds. The summed E-state index contributed by atoms with van der Waals surface area (Å²) in [4.78, 5) is 14.2. The fourth-order valence-electron chi connectivity index (χ4n) is 4.15. The van der Waals surface area contributed by atoms with Crippen molar-refractivity contribution >= 4 is 15.9 Å². The molecule has 1 fully saturated rings. The number of hydrogen-bond acceptors (Lipinski definition) is 3. The summed E-state index contributed by atoms with van der Waals surface area (Å²) in [7, 11) is -2.15. The van der Waals surface area contributed by atoms with E-state index in [9.17, 15) is 13.2 Å². The molecule has 0 bridgehead atoms. The van der Waals surface area contributed by atoms with Gasteiger partial charge in [0.15, 0.2) is 0 Å². The predicted octanol–water partition coefficient (Wildman–Crippen LogP) is 2.04. The summed E-state index contributed by atoms with van der Waals surface area (Å²) in [6.45, 7) is 0.678. The van der Waals surface area contributed by atoms with Crippen LogP contribution in [0.4, 0.5) is 0 Å². The van der Waals surface area contributed by atoms with Crippen LogP contribution in [0.25, 0.3) is 0 Å². The van der Waals surface area contributed by atoms with Crippen molar-refractivity contribution in [3.8, 4) is 0 Å². The van der Waals surface area contributed by atoms with Crippen molar-refractivity contribution in [1.82, 2.24) is 9.62 Å². The largest absolute Gasteiger partial charge is 0.339 e. The fourth-order valence-corrected chi connectivity index (χ4v) is 4.79. The van der Waals surface area contributed by atoms with Crippen LogP contribution in [-0.2, 0) is 21.2 Å². The quantitative estimate of drug-likeness (QED) is 0.884. The minimum absolute atomic E-state index is 0.167. The summed E-state index contributed by atoms with van der Waals surface area (Å²) in [5.74, 6) is -0.230. The lowest BCUT2D eigenvalue weighted by Crippen LogP contribution is -2.42. The molecule has 3 rings (SSSR count). The lowest BCUT2D eigenvalue weighted by atomic mass is 9.79. The minimum atomic E-state index is -3.50. The molecule has 1 heterocycles. The van der Waals surface area contributed by atoms with Gasteiger partial charge in [0.25, 0.3) is 0 Å². The number of amides is 1. The molecule has 0 aromatic heterocycles. The fraction of sp³-hybridized carbons (Fsp3) is 0.611. The number of nitrogens with zero attached hydrogens (tertiary/aromatic N) is 1. The first-order valence-electron chi connectivity index (χ1n) is 8.78. The second-order valence-electron chi connectivity index (χ2n) is 6.87. The highest BCUT2D eigenvalue weighted by molar-refractivity contribution is 7.90. The standard InChI is InChI=1S/C18H26N2O3S/c1-19-24(22,23)13-18(21)20-11-5-9-16(20)12-15-8-4-7-14-6-2-3-10-17(14)15/h2-3,6,10,15-16,19H,4-5,7-9,11-13H2,1H3. The predicted molar refractivity (Wildman–Crippen MR) is 94.3 cm³/mol. The monoisotopic (exact) mass is 350 g/mol. The summed E-state index contributed by atoms with van der Waals surface area (Å²) in [5, 5.41) is 0. The van der Waals surface area contributed by atoms with Gasteiger partial charge in [-0.15, -0.1) is 0 Å². The van der Waals surface area contributed by atoms with Gasteiger partial charge in [0.2, 0.25) is 15.9 Å². The Morgan fingerprint density at radius 2 is 2.04 bits per heavy atom. The molecule has 6 heteroatoms. The lowest BCUT2D eigenvalue weighted by molar-refractivity contribution is -0.129. The summed E-state index contributed by atoms with van der Waals surface area (Å²) in [6, 6.07) is 8.77. The number of aryl methyl sites for hydroxylation is 1. The zero-order valence-corrected chi connectivity index (χ0v) is 15.0. The van der Waals surface area contributed by atoms with Gasteiger partial charge in [0.05, 0.1) is 0 Å². The Morgan fingerprint density at radius 3 is 2.83 bits per heavy atom. The molecule has 2 aliphatic rings. The van der Waals surface area contributed by atoms with Crippen LogP contribution in [0, 0.1) is 0 Å². The van der Waals surface area contributed by atoms with E-state index < -0.39 is 15.8 Å². The first-order chi connectivity index (χ1) is 11.5. The maximum absolute atomic E-state index is 12.4. The van der Waals surface area contributed by atoms with Crippen molar-refractivity contribution in [2.75, 3.05) is 19.3 Å². The van der Waals surface area contributed by atoms with Gasteiger partial charge in [-0.3, -0.25) is 4.79 Å². The van der Waals surface area contributed by atoms with Crippen LogP contribution in [0.2, 0.25) is 0 Å². The van der Waals surface area contributed by atoms with Gasteiger partial charge in [0, 0.05) is 12.6 Å². The van der Waals surface area contributed by atoms with Crippen molar-refractivity contribution in [1.29, 1.82) is 0 Å². The molecule has 5 nitrogen and oxygen atoms in total. The van der Waals surface area contributed by atoms with E-state index in [-0.39, 0.29) is 11.9 Å². The third-order valence-electron chi connectivity index (χ3n) is 5.37. The zero-order chi connectivity index (χ0) is 17.2. The van der Waals surface area contributed by atoms with Crippen molar-refractivity contribution in [3.63, 3.8) is 0 Å². The second kappa shape index (κ2) is 7.23. The summed E-state index contributed by atoms with van der Waals surface area (Å²) in [5.41, 5.74) is 2.85. The Hall–Kier alpha value is -1.40. The van der Waals surface area contributed by atoms with Crippen LogP contribution in [-0.4, -0.2) is 44.6 Å². The number of sulfonamides is 1. The number of hydrogen-bond donors (Lipinski definition) is 1. The Labute approximate surface area is 144 Å². The van der Waals surface area contributed by atoms with E-state index in [1.165, 1.54) is 24.6 Å². The highest BCUT2D eigenvalue weighted by atomic mass is 32.2. The van der Waals surface area contributed by atoms with Gasteiger partial charge in [-0.1, -0.05) is 24.3 Å². The topological polar surface area (TPSA) is 66.5 Å².